The third-order valence-electron chi connectivity index (χ3n) is 4.95. The van der Waals surface area contributed by atoms with Crippen molar-refractivity contribution < 1.29 is 18.1 Å². The van der Waals surface area contributed by atoms with E-state index in [1.165, 1.54) is 60.7 Å². The highest BCUT2D eigenvalue weighted by Gasteiger charge is 2.14. The number of amides is 1. The average Bonchev–Trinajstić information content (AvgIpc) is 2.80. The van der Waals surface area contributed by atoms with Gasteiger partial charge < -0.3 is 5.32 Å². The average molecular weight is 511 g/mol. The molecule has 0 saturated carbocycles. The Balaban J connectivity index is 1.56. The summed E-state index contributed by atoms with van der Waals surface area (Å²) in [5, 5.41) is 16.0. The van der Waals surface area contributed by atoms with Crippen molar-refractivity contribution in [3.8, 4) is 0 Å². The Bertz CT molecular complexity index is 1400. The molecule has 0 unspecified atom stereocenters. The van der Waals surface area contributed by atoms with Gasteiger partial charge in [0.2, 0.25) is 5.91 Å². The van der Waals surface area contributed by atoms with Crippen LogP contribution in [0.4, 0.5) is 17.1 Å². The first-order valence-electron chi connectivity index (χ1n) is 10.3. The number of non-ortho nitro benzene ring substituents is 1. The Hall–Kier alpha value is -4.09. The van der Waals surface area contributed by atoms with Gasteiger partial charge in [-0.15, -0.1) is 0 Å². The number of aryl methyl sites for hydroxylation is 2. The number of thiocarbonyl (C=S) groups is 1. The molecule has 3 N–H and O–H groups in total. The monoisotopic (exact) mass is 510 g/mol. The third-order valence-corrected chi connectivity index (χ3v) is 6.55. The lowest BCUT2D eigenvalue weighted by atomic mass is 10.1. The van der Waals surface area contributed by atoms with E-state index in [1.807, 2.05) is 19.9 Å². The van der Waals surface area contributed by atoms with Gasteiger partial charge in [0.25, 0.3) is 15.7 Å². The molecule has 0 aromatic heterocycles. The minimum absolute atomic E-state index is 0.0206. The van der Waals surface area contributed by atoms with E-state index in [9.17, 15) is 23.3 Å². The van der Waals surface area contributed by atoms with E-state index in [1.54, 1.807) is 12.1 Å². The summed E-state index contributed by atoms with van der Waals surface area (Å²) >= 11 is 5.12. The Morgan fingerprint density at radius 2 is 1.57 bits per heavy atom. The van der Waals surface area contributed by atoms with E-state index < -0.39 is 20.9 Å². The highest BCUT2D eigenvalue weighted by atomic mass is 32.2. The first kappa shape index (κ1) is 25.5. The van der Waals surface area contributed by atoms with Crippen LogP contribution in [0.1, 0.15) is 16.7 Å². The molecule has 11 heteroatoms. The lowest BCUT2D eigenvalue weighted by Crippen LogP contribution is -2.32. The minimum atomic E-state index is -3.78. The molecule has 0 aliphatic rings. The molecule has 0 bridgehead atoms. The van der Waals surface area contributed by atoms with Crippen LogP contribution in [0.3, 0.4) is 0 Å². The fraction of sp³-hybridized carbons (Fsp3) is 0.0833. The number of benzene rings is 3. The van der Waals surface area contributed by atoms with Crippen molar-refractivity contribution in [1.82, 2.24) is 5.32 Å². The molecule has 0 atom stereocenters. The van der Waals surface area contributed by atoms with Gasteiger partial charge in [-0.3, -0.25) is 24.9 Å². The molecular weight excluding hydrogens is 488 g/mol. The molecule has 0 aliphatic carbocycles. The second-order valence-electron chi connectivity index (χ2n) is 7.55. The fourth-order valence-electron chi connectivity index (χ4n) is 2.93. The lowest BCUT2D eigenvalue weighted by molar-refractivity contribution is -0.384. The normalized spacial score (nSPS) is 11.1. The summed E-state index contributed by atoms with van der Waals surface area (Å²) in [6.45, 7) is 3.85. The number of rotatable bonds is 7. The Morgan fingerprint density at radius 3 is 2.17 bits per heavy atom. The van der Waals surface area contributed by atoms with Crippen molar-refractivity contribution >= 4 is 56.4 Å². The van der Waals surface area contributed by atoms with Crippen molar-refractivity contribution in [1.29, 1.82) is 0 Å². The third kappa shape index (κ3) is 7.19. The lowest BCUT2D eigenvalue weighted by Gasteiger charge is -2.11. The van der Waals surface area contributed by atoms with Crippen LogP contribution in [-0.2, 0) is 14.8 Å². The second kappa shape index (κ2) is 10.9. The molecule has 35 heavy (non-hydrogen) atoms. The van der Waals surface area contributed by atoms with Gasteiger partial charge in [0.15, 0.2) is 5.11 Å². The fourth-order valence-corrected chi connectivity index (χ4v) is 4.20. The van der Waals surface area contributed by atoms with Gasteiger partial charge >= 0.3 is 0 Å². The Morgan fingerprint density at radius 1 is 0.943 bits per heavy atom. The van der Waals surface area contributed by atoms with E-state index in [4.69, 9.17) is 12.2 Å². The number of sulfonamides is 1. The van der Waals surface area contributed by atoms with Gasteiger partial charge in [-0.2, -0.15) is 0 Å². The number of nitro benzene ring substituents is 1. The van der Waals surface area contributed by atoms with Crippen molar-refractivity contribution in [2.75, 3.05) is 10.0 Å². The molecule has 0 spiro atoms. The molecule has 3 aromatic carbocycles. The molecular formula is C24H22N4O5S2. The molecule has 0 heterocycles. The molecule has 3 rings (SSSR count). The van der Waals surface area contributed by atoms with Crippen LogP contribution in [0, 0.1) is 24.0 Å². The summed E-state index contributed by atoms with van der Waals surface area (Å²) in [4.78, 5) is 22.3. The Kier molecular flexibility index (Phi) is 7.94. The largest absolute Gasteiger partial charge is 0.332 e. The second-order valence-corrected chi connectivity index (χ2v) is 9.64. The number of nitro groups is 1. The van der Waals surface area contributed by atoms with E-state index in [0.717, 1.165) is 11.1 Å². The zero-order valence-corrected chi connectivity index (χ0v) is 20.4. The topological polar surface area (TPSA) is 130 Å². The van der Waals surface area contributed by atoms with Crippen molar-refractivity contribution in [2.24, 2.45) is 0 Å². The van der Waals surface area contributed by atoms with Gasteiger partial charge in [0.05, 0.1) is 9.82 Å². The number of carbonyl (C=O) groups is 1. The smallest absolute Gasteiger partial charge is 0.269 e. The van der Waals surface area contributed by atoms with Crippen LogP contribution < -0.4 is 15.4 Å². The van der Waals surface area contributed by atoms with Crippen LogP contribution in [0.15, 0.2) is 77.7 Å². The van der Waals surface area contributed by atoms with Crippen LogP contribution in [0.2, 0.25) is 0 Å². The summed E-state index contributed by atoms with van der Waals surface area (Å²) in [5.74, 6) is -0.502. The molecule has 0 aliphatic heterocycles. The standard InChI is InChI=1S/C24H22N4O5S2/c1-16-3-7-20(15-17(16)2)27-35(32,33)22-12-8-19(9-13-22)25-24(34)26-23(29)14-6-18-4-10-21(11-5-18)28(30)31/h3-15,27H,1-2H3,(H2,25,26,29,34)/b14-6+. The molecule has 180 valence electrons. The van der Waals surface area contributed by atoms with Gasteiger partial charge in [-0.05, 0) is 97.4 Å². The van der Waals surface area contributed by atoms with E-state index in [-0.39, 0.29) is 15.7 Å². The van der Waals surface area contributed by atoms with Gasteiger partial charge in [-0.1, -0.05) is 6.07 Å². The summed E-state index contributed by atoms with van der Waals surface area (Å²) in [5.41, 5.74) is 3.56. The highest BCUT2D eigenvalue weighted by molar-refractivity contribution is 7.92. The summed E-state index contributed by atoms with van der Waals surface area (Å²) in [6, 6.07) is 16.9. The number of hydrogen-bond acceptors (Lipinski definition) is 6. The SMILES string of the molecule is Cc1ccc(NS(=O)(=O)c2ccc(NC(=S)NC(=O)/C=C/c3ccc([N+](=O)[O-])cc3)cc2)cc1C. The van der Waals surface area contributed by atoms with E-state index in [0.29, 0.717) is 16.9 Å². The van der Waals surface area contributed by atoms with Crippen molar-refractivity contribution in [2.45, 2.75) is 18.7 Å². The maximum Gasteiger partial charge on any atom is 0.269 e. The quantitative estimate of drug-likeness (QED) is 0.184. The van der Waals surface area contributed by atoms with Crippen molar-refractivity contribution in [3.05, 3.63) is 99.6 Å². The summed E-state index contributed by atoms with van der Waals surface area (Å²) in [7, 11) is -3.78. The van der Waals surface area contributed by atoms with Crippen LogP contribution in [0.25, 0.3) is 6.08 Å². The Labute approximate surface area is 208 Å². The molecule has 0 fully saturated rings. The van der Waals surface area contributed by atoms with E-state index in [2.05, 4.69) is 15.4 Å². The van der Waals surface area contributed by atoms with E-state index >= 15 is 0 Å². The maximum absolute atomic E-state index is 12.7. The van der Waals surface area contributed by atoms with Crippen molar-refractivity contribution in [3.63, 3.8) is 0 Å². The molecule has 3 aromatic rings. The van der Waals surface area contributed by atoms with Gasteiger partial charge in [0.1, 0.15) is 0 Å². The zero-order chi connectivity index (χ0) is 25.6. The zero-order valence-electron chi connectivity index (χ0n) is 18.8. The van der Waals surface area contributed by atoms with Crippen LogP contribution >= 0.6 is 12.2 Å². The predicted molar refractivity (Wildman–Crippen MR) is 140 cm³/mol. The summed E-state index contributed by atoms with van der Waals surface area (Å²) in [6.07, 6.45) is 2.73. The first-order chi connectivity index (χ1) is 16.5. The molecule has 0 saturated heterocycles. The van der Waals surface area contributed by atoms with Gasteiger partial charge in [-0.25, -0.2) is 8.42 Å². The summed E-state index contributed by atoms with van der Waals surface area (Å²) < 4.78 is 27.9. The maximum atomic E-state index is 12.7. The van der Waals surface area contributed by atoms with Crippen LogP contribution in [0.5, 0.6) is 0 Å². The van der Waals surface area contributed by atoms with Crippen LogP contribution in [-0.4, -0.2) is 24.4 Å². The first-order valence-corrected chi connectivity index (χ1v) is 12.2. The van der Waals surface area contributed by atoms with Gasteiger partial charge in [0, 0.05) is 29.6 Å². The molecule has 0 radical (unpaired) electrons. The highest BCUT2D eigenvalue weighted by Crippen LogP contribution is 2.20. The number of anilines is 2. The number of hydrogen-bond donors (Lipinski definition) is 3. The molecule has 9 nitrogen and oxygen atoms in total. The number of carbonyl (C=O) groups excluding carboxylic acids is 1. The number of nitrogens with zero attached hydrogens (tertiary/aromatic N) is 1. The predicted octanol–water partition coefficient (Wildman–Crippen LogP) is 4.54. The number of nitrogens with one attached hydrogen (secondary N) is 3. The minimum Gasteiger partial charge on any atom is -0.332 e. The molecule has 1 amide bonds.